The molecule has 6 nitrogen and oxygen atoms in total. The largest absolute Gasteiger partial charge is 0.332 e. The first-order chi connectivity index (χ1) is 16.7. The molecular formula is C29H30N4O2. The Hall–Kier alpha value is -4.19. The van der Waals surface area contributed by atoms with Crippen molar-refractivity contribution in [2.75, 3.05) is 18.9 Å². The predicted molar refractivity (Wildman–Crippen MR) is 140 cm³/mol. The Labute approximate surface area is 206 Å². The molecule has 178 valence electrons. The van der Waals surface area contributed by atoms with Crippen LogP contribution in [0.15, 0.2) is 72.9 Å². The van der Waals surface area contributed by atoms with Crippen molar-refractivity contribution in [1.82, 2.24) is 14.7 Å². The van der Waals surface area contributed by atoms with E-state index in [1.165, 1.54) is 4.90 Å². The van der Waals surface area contributed by atoms with E-state index in [2.05, 4.69) is 11.4 Å². The van der Waals surface area contributed by atoms with Gasteiger partial charge in [-0.25, -0.2) is 4.68 Å². The lowest BCUT2D eigenvalue weighted by Gasteiger charge is -2.18. The average molecular weight is 467 g/mol. The van der Waals surface area contributed by atoms with Gasteiger partial charge >= 0.3 is 0 Å². The third-order valence-electron chi connectivity index (χ3n) is 6.08. The van der Waals surface area contributed by atoms with Gasteiger partial charge in [-0.15, -0.1) is 0 Å². The molecule has 0 aliphatic carbocycles. The fourth-order valence-corrected chi connectivity index (χ4v) is 4.21. The van der Waals surface area contributed by atoms with Crippen LogP contribution in [-0.4, -0.2) is 40.1 Å². The summed E-state index contributed by atoms with van der Waals surface area (Å²) in [5.41, 5.74) is 7.71. The molecule has 0 aliphatic rings. The van der Waals surface area contributed by atoms with Gasteiger partial charge in [0.25, 0.3) is 5.91 Å². The van der Waals surface area contributed by atoms with Gasteiger partial charge in [0.15, 0.2) is 0 Å². The number of benzene rings is 3. The van der Waals surface area contributed by atoms with E-state index in [1.54, 1.807) is 17.9 Å². The van der Waals surface area contributed by atoms with Crippen LogP contribution in [-0.2, 0) is 4.79 Å². The fourth-order valence-electron chi connectivity index (χ4n) is 4.21. The molecule has 4 aromatic rings. The van der Waals surface area contributed by atoms with Gasteiger partial charge in [0.05, 0.1) is 17.8 Å². The van der Waals surface area contributed by atoms with E-state index in [0.29, 0.717) is 11.3 Å². The minimum Gasteiger partial charge on any atom is -0.332 e. The Balaban J connectivity index is 1.65. The lowest BCUT2D eigenvalue weighted by atomic mass is 10.0. The summed E-state index contributed by atoms with van der Waals surface area (Å²) in [6, 6.07) is 21.6. The molecule has 0 bridgehead atoms. The highest BCUT2D eigenvalue weighted by Gasteiger charge is 2.24. The van der Waals surface area contributed by atoms with Crippen LogP contribution < -0.4 is 5.32 Å². The maximum absolute atomic E-state index is 13.6. The molecule has 4 rings (SSSR count). The standard InChI is InChI=1S/C29H30N4O2/c1-19-14-15-24(22(4)16-19)28-25(17-33(31-28)23-12-7-6-8-13-23)29(35)32(5)18-26(34)30-27-20(2)10-9-11-21(27)3/h6-17H,18H2,1-5H3,(H,30,34). The molecule has 0 radical (unpaired) electrons. The number of aromatic nitrogens is 2. The first-order valence-corrected chi connectivity index (χ1v) is 11.6. The Morgan fingerprint density at radius 3 is 2.23 bits per heavy atom. The van der Waals surface area contributed by atoms with E-state index in [-0.39, 0.29) is 18.4 Å². The summed E-state index contributed by atoms with van der Waals surface area (Å²) in [5, 5.41) is 7.74. The third kappa shape index (κ3) is 5.17. The number of para-hydroxylation sites is 2. The van der Waals surface area contributed by atoms with E-state index in [0.717, 1.165) is 39.2 Å². The van der Waals surface area contributed by atoms with Gasteiger partial charge in [-0.2, -0.15) is 5.10 Å². The molecule has 1 heterocycles. The van der Waals surface area contributed by atoms with E-state index in [9.17, 15) is 9.59 Å². The predicted octanol–water partition coefficient (Wildman–Crippen LogP) is 5.48. The topological polar surface area (TPSA) is 67.2 Å². The Bertz CT molecular complexity index is 1370. The number of amides is 2. The SMILES string of the molecule is Cc1ccc(-c2nn(-c3ccccc3)cc2C(=O)N(C)CC(=O)Nc2c(C)cccc2C)c(C)c1. The molecule has 0 unspecified atom stereocenters. The number of carbonyl (C=O) groups is 2. The molecule has 0 aliphatic heterocycles. The summed E-state index contributed by atoms with van der Waals surface area (Å²) in [6.07, 6.45) is 1.74. The summed E-state index contributed by atoms with van der Waals surface area (Å²) in [4.78, 5) is 27.8. The summed E-state index contributed by atoms with van der Waals surface area (Å²) < 4.78 is 1.71. The van der Waals surface area contributed by atoms with E-state index in [4.69, 9.17) is 5.10 Å². The number of hydrogen-bond acceptors (Lipinski definition) is 3. The van der Waals surface area contributed by atoms with Crippen LogP contribution in [0.25, 0.3) is 16.9 Å². The monoisotopic (exact) mass is 466 g/mol. The Morgan fingerprint density at radius 1 is 0.886 bits per heavy atom. The van der Waals surface area contributed by atoms with Crippen LogP contribution in [0.1, 0.15) is 32.6 Å². The van der Waals surface area contributed by atoms with Crippen molar-refractivity contribution in [3.05, 3.63) is 101 Å². The quantitative estimate of drug-likeness (QED) is 0.409. The van der Waals surface area contributed by atoms with Crippen LogP contribution in [0.2, 0.25) is 0 Å². The van der Waals surface area contributed by atoms with Gasteiger partial charge in [0.2, 0.25) is 5.91 Å². The highest BCUT2D eigenvalue weighted by atomic mass is 16.2. The normalized spacial score (nSPS) is 10.8. The lowest BCUT2D eigenvalue weighted by molar-refractivity contribution is -0.116. The molecule has 0 spiro atoms. The fraction of sp³-hybridized carbons (Fsp3) is 0.207. The zero-order valence-electron chi connectivity index (χ0n) is 20.8. The number of nitrogens with zero attached hydrogens (tertiary/aromatic N) is 3. The van der Waals surface area contributed by atoms with Crippen LogP contribution in [0.3, 0.4) is 0 Å². The Morgan fingerprint density at radius 2 is 1.57 bits per heavy atom. The minimum absolute atomic E-state index is 0.0740. The van der Waals surface area contributed by atoms with Crippen LogP contribution >= 0.6 is 0 Å². The summed E-state index contributed by atoms with van der Waals surface area (Å²) >= 11 is 0. The lowest BCUT2D eigenvalue weighted by Crippen LogP contribution is -2.35. The second-order valence-corrected chi connectivity index (χ2v) is 8.97. The smallest absolute Gasteiger partial charge is 0.257 e. The maximum atomic E-state index is 13.6. The van der Waals surface area contributed by atoms with E-state index in [1.807, 2.05) is 88.4 Å². The molecule has 0 fully saturated rings. The zero-order chi connectivity index (χ0) is 25.1. The number of carbonyl (C=O) groups excluding carboxylic acids is 2. The second-order valence-electron chi connectivity index (χ2n) is 8.97. The van der Waals surface area contributed by atoms with Crippen molar-refractivity contribution in [2.45, 2.75) is 27.7 Å². The number of nitrogens with one attached hydrogen (secondary N) is 1. The number of likely N-dealkylation sites (N-methyl/N-ethyl adjacent to an activating group) is 1. The minimum atomic E-state index is -0.265. The molecule has 6 heteroatoms. The first kappa shape index (κ1) is 24.0. The van der Waals surface area contributed by atoms with Gasteiger partial charge < -0.3 is 10.2 Å². The highest BCUT2D eigenvalue weighted by molar-refractivity contribution is 6.03. The summed E-state index contributed by atoms with van der Waals surface area (Å²) in [5.74, 6) is -0.513. The second kappa shape index (κ2) is 9.97. The van der Waals surface area contributed by atoms with Gasteiger partial charge in [-0.3, -0.25) is 9.59 Å². The van der Waals surface area contributed by atoms with Crippen molar-refractivity contribution in [3.8, 4) is 16.9 Å². The van der Waals surface area contributed by atoms with Crippen LogP contribution in [0.5, 0.6) is 0 Å². The first-order valence-electron chi connectivity index (χ1n) is 11.6. The van der Waals surface area contributed by atoms with Gasteiger partial charge in [0.1, 0.15) is 5.69 Å². The van der Waals surface area contributed by atoms with Crippen molar-refractivity contribution in [1.29, 1.82) is 0 Å². The number of hydrogen-bond donors (Lipinski definition) is 1. The third-order valence-corrected chi connectivity index (χ3v) is 6.08. The van der Waals surface area contributed by atoms with Crippen LogP contribution in [0, 0.1) is 27.7 Å². The number of aryl methyl sites for hydroxylation is 4. The van der Waals surface area contributed by atoms with Crippen molar-refractivity contribution < 1.29 is 9.59 Å². The summed E-state index contributed by atoms with van der Waals surface area (Å²) in [7, 11) is 1.64. The van der Waals surface area contributed by atoms with Gasteiger partial charge in [0, 0.05) is 24.5 Å². The molecule has 0 atom stereocenters. The molecule has 0 saturated heterocycles. The molecule has 1 aromatic heterocycles. The maximum Gasteiger partial charge on any atom is 0.257 e. The van der Waals surface area contributed by atoms with Gasteiger partial charge in [-0.1, -0.05) is 60.2 Å². The molecule has 1 N–H and O–H groups in total. The van der Waals surface area contributed by atoms with Crippen molar-refractivity contribution >= 4 is 17.5 Å². The van der Waals surface area contributed by atoms with Crippen molar-refractivity contribution in [3.63, 3.8) is 0 Å². The van der Waals surface area contributed by atoms with E-state index >= 15 is 0 Å². The van der Waals surface area contributed by atoms with E-state index < -0.39 is 0 Å². The molecule has 3 aromatic carbocycles. The van der Waals surface area contributed by atoms with Crippen LogP contribution in [0.4, 0.5) is 5.69 Å². The Kier molecular flexibility index (Phi) is 6.82. The number of anilines is 1. The summed E-state index contributed by atoms with van der Waals surface area (Å²) in [6.45, 7) is 7.88. The average Bonchev–Trinajstić information content (AvgIpc) is 3.26. The number of rotatable bonds is 6. The molecule has 35 heavy (non-hydrogen) atoms. The molecule has 2 amide bonds. The van der Waals surface area contributed by atoms with Crippen molar-refractivity contribution in [2.24, 2.45) is 0 Å². The zero-order valence-corrected chi connectivity index (χ0v) is 20.8. The highest BCUT2D eigenvalue weighted by Crippen LogP contribution is 2.28. The molecule has 0 saturated carbocycles. The molecular weight excluding hydrogens is 436 g/mol. The van der Waals surface area contributed by atoms with Gasteiger partial charge in [-0.05, 0) is 56.5 Å².